The van der Waals surface area contributed by atoms with E-state index in [1.54, 1.807) is 12.1 Å². The normalized spacial score (nSPS) is 14.2. The third-order valence-corrected chi connectivity index (χ3v) is 2.83. The third-order valence-electron chi connectivity index (χ3n) is 2.83. The second kappa shape index (κ2) is 4.45. The molecule has 2 aromatic carbocycles. The molecule has 0 aromatic heterocycles. The van der Waals surface area contributed by atoms with Crippen LogP contribution in [-0.2, 0) is 0 Å². The first-order valence-electron chi connectivity index (χ1n) is 5.71. The average molecular weight is 251 g/mol. The van der Waals surface area contributed by atoms with Crippen molar-refractivity contribution >= 4 is 17.7 Å². The van der Waals surface area contributed by atoms with Gasteiger partial charge in [-0.25, -0.2) is 14.5 Å². The van der Waals surface area contributed by atoms with Crippen LogP contribution in [0.3, 0.4) is 0 Å². The zero-order valence-corrected chi connectivity index (χ0v) is 9.85. The molecule has 0 N–H and O–H groups in total. The van der Waals surface area contributed by atoms with Gasteiger partial charge in [0.15, 0.2) is 0 Å². The molecular weight excluding hydrogens is 242 g/mol. The number of benzene rings is 2. The Morgan fingerprint density at radius 2 is 1.32 bits per heavy atom. The van der Waals surface area contributed by atoms with Gasteiger partial charge in [0, 0.05) is 5.56 Å². The molecular formula is C14H9N3O2. The number of imide groups is 1. The number of anilines is 1. The Morgan fingerprint density at radius 3 is 2.00 bits per heavy atom. The fourth-order valence-corrected chi connectivity index (χ4v) is 1.99. The highest BCUT2D eigenvalue weighted by Gasteiger charge is 2.30. The van der Waals surface area contributed by atoms with E-state index in [-0.39, 0.29) is 0 Å². The summed E-state index contributed by atoms with van der Waals surface area (Å²) in [7, 11) is 0. The maximum absolute atomic E-state index is 11.6. The molecule has 92 valence electrons. The molecule has 0 saturated heterocycles. The molecule has 3 rings (SSSR count). The number of carbonyl (C=O) groups excluding carboxylic acids is 2. The van der Waals surface area contributed by atoms with Crippen molar-refractivity contribution in [3.63, 3.8) is 0 Å². The second-order valence-corrected chi connectivity index (χ2v) is 3.98. The van der Waals surface area contributed by atoms with Gasteiger partial charge in [0.05, 0.1) is 5.69 Å². The van der Waals surface area contributed by atoms with Crippen molar-refractivity contribution in [1.29, 1.82) is 0 Å². The lowest BCUT2D eigenvalue weighted by Gasteiger charge is -2.15. The Labute approximate surface area is 109 Å². The Morgan fingerprint density at radius 1 is 0.737 bits per heavy atom. The molecule has 19 heavy (non-hydrogen) atoms. The lowest BCUT2D eigenvalue weighted by atomic mass is 10.0. The van der Waals surface area contributed by atoms with Crippen molar-refractivity contribution in [3.05, 3.63) is 54.6 Å². The van der Waals surface area contributed by atoms with E-state index in [1.165, 1.54) is 0 Å². The van der Waals surface area contributed by atoms with Gasteiger partial charge in [-0.2, -0.15) is 0 Å². The molecule has 0 bridgehead atoms. The molecule has 0 fully saturated rings. The van der Waals surface area contributed by atoms with Gasteiger partial charge in [-0.05, 0) is 11.6 Å². The van der Waals surface area contributed by atoms with E-state index < -0.39 is 12.1 Å². The summed E-state index contributed by atoms with van der Waals surface area (Å²) in [6.07, 6.45) is 0. The van der Waals surface area contributed by atoms with E-state index in [2.05, 4.69) is 10.2 Å². The lowest BCUT2D eigenvalue weighted by Crippen LogP contribution is -2.27. The van der Waals surface area contributed by atoms with Crippen LogP contribution in [-0.4, -0.2) is 12.1 Å². The molecule has 5 nitrogen and oxygen atoms in total. The van der Waals surface area contributed by atoms with Crippen molar-refractivity contribution in [2.45, 2.75) is 0 Å². The van der Waals surface area contributed by atoms with Gasteiger partial charge >= 0.3 is 12.1 Å². The van der Waals surface area contributed by atoms with Gasteiger partial charge in [0.1, 0.15) is 0 Å². The van der Waals surface area contributed by atoms with Crippen LogP contribution in [0.4, 0.5) is 15.3 Å². The molecule has 1 aliphatic rings. The number of carbonyl (C=O) groups is 2. The van der Waals surface area contributed by atoms with Crippen LogP contribution in [0.2, 0.25) is 0 Å². The zero-order valence-electron chi connectivity index (χ0n) is 9.85. The van der Waals surface area contributed by atoms with Crippen molar-refractivity contribution in [2.24, 2.45) is 10.2 Å². The summed E-state index contributed by atoms with van der Waals surface area (Å²) in [5.74, 6) is 0. The van der Waals surface area contributed by atoms with Crippen LogP contribution in [0.25, 0.3) is 11.1 Å². The number of urea groups is 2. The summed E-state index contributed by atoms with van der Waals surface area (Å²) in [6.45, 7) is 0. The highest BCUT2D eigenvalue weighted by Crippen LogP contribution is 2.32. The monoisotopic (exact) mass is 251 g/mol. The molecule has 5 heteroatoms. The molecule has 0 unspecified atom stereocenters. The van der Waals surface area contributed by atoms with Crippen LogP contribution < -0.4 is 4.90 Å². The number of para-hydroxylation sites is 1. The van der Waals surface area contributed by atoms with Gasteiger partial charge in [0.2, 0.25) is 0 Å². The summed E-state index contributed by atoms with van der Waals surface area (Å²) in [5, 5.41) is 6.54. The van der Waals surface area contributed by atoms with E-state index in [0.717, 1.165) is 16.0 Å². The van der Waals surface area contributed by atoms with Crippen molar-refractivity contribution in [3.8, 4) is 11.1 Å². The molecule has 2 aromatic rings. The van der Waals surface area contributed by atoms with Crippen LogP contribution in [0.15, 0.2) is 64.8 Å². The number of rotatable bonds is 2. The number of nitrogens with zero attached hydrogens (tertiary/aromatic N) is 3. The first kappa shape index (κ1) is 11.3. The van der Waals surface area contributed by atoms with Crippen molar-refractivity contribution in [2.75, 3.05) is 4.90 Å². The first-order chi connectivity index (χ1) is 9.27. The van der Waals surface area contributed by atoms with Crippen LogP contribution in [0.5, 0.6) is 0 Å². The fraction of sp³-hybridized carbons (Fsp3) is 0. The smallest absolute Gasteiger partial charge is 0.243 e. The van der Waals surface area contributed by atoms with Gasteiger partial charge in [-0.1, -0.05) is 58.8 Å². The van der Waals surface area contributed by atoms with Crippen molar-refractivity contribution < 1.29 is 9.59 Å². The van der Waals surface area contributed by atoms with Gasteiger partial charge < -0.3 is 0 Å². The molecule has 0 aliphatic carbocycles. The predicted molar refractivity (Wildman–Crippen MR) is 70.0 cm³/mol. The summed E-state index contributed by atoms with van der Waals surface area (Å²) < 4.78 is 0. The standard InChI is InChI=1S/C14H9N3O2/c18-13-15-16-14(19)17(13)12-9-5-4-8-11(12)10-6-2-1-3-7-10/h1-9H. The Kier molecular flexibility index (Phi) is 2.64. The second-order valence-electron chi connectivity index (χ2n) is 3.98. The number of hydrogen-bond acceptors (Lipinski definition) is 2. The Bertz CT molecular complexity index is 662. The number of amides is 4. The average Bonchev–Trinajstić information content (AvgIpc) is 2.79. The minimum atomic E-state index is -0.659. The van der Waals surface area contributed by atoms with E-state index in [0.29, 0.717) is 5.69 Å². The summed E-state index contributed by atoms with van der Waals surface area (Å²) in [4.78, 5) is 24.2. The minimum absolute atomic E-state index is 0.494. The van der Waals surface area contributed by atoms with Crippen LogP contribution in [0, 0.1) is 0 Å². The minimum Gasteiger partial charge on any atom is -0.243 e. The van der Waals surface area contributed by atoms with Gasteiger partial charge in [0.25, 0.3) is 0 Å². The molecule has 1 heterocycles. The highest BCUT2D eigenvalue weighted by molar-refractivity contribution is 6.19. The molecule has 0 saturated carbocycles. The predicted octanol–water partition coefficient (Wildman–Crippen LogP) is 3.87. The molecule has 4 amide bonds. The largest absolute Gasteiger partial charge is 0.375 e. The summed E-state index contributed by atoms with van der Waals surface area (Å²) in [6, 6.07) is 15.4. The van der Waals surface area contributed by atoms with Gasteiger partial charge in [-0.15, -0.1) is 0 Å². The molecule has 0 spiro atoms. The van der Waals surface area contributed by atoms with Gasteiger partial charge in [-0.3, -0.25) is 0 Å². The quantitative estimate of drug-likeness (QED) is 0.813. The number of azo groups is 1. The summed E-state index contributed by atoms with van der Waals surface area (Å²) >= 11 is 0. The number of hydrogen-bond donors (Lipinski definition) is 0. The molecule has 0 atom stereocenters. The zero-order chi connectivity index (χ0) is 13.2. The Hall–Kier alpha value is -2.82. The maximum atomic E-state index is 11.6. The molecule has 1 aliphatic heterocycles. The topological polar surface area (TPSA) is 62.1 Å². The van der Waals surface area contributed by atoms with E-state index in [4.69, 9.17) is 0 Å². The third kappa shape index (κ3) is 1.91. The van der Waals surface area contributed by atoms with E-state index in [1.807, 2.05) is 42.5 Å². The van der Waals surface area contributed by atoms with E-state index in [9.17, 15) is 9.59 Å². The van der Waals surface area contributed by atoms with Crippen LogP contribution >= 0.6 is 0 Å². The Balaban J connectivity index is 2.13. The maximum Gasteiger partial charge on any atom is 0.375 e. The van der Waals surface area contributed by atoms with Crippen LogP contribution in [0.1, 0.15) is 0 Å². The molecule has 0 radical (unpaired) electrons. The SMILES string of the molecule is O=C1N=NC(=O)N1c1ccccc1-c1ccccc1. The summed E-state index contributed by atoms with van der Waals surface area (Å²) in [5.41, 5.74) is 2.21. The lowest BCUT2D eigenvalue weighted by molar-refractivity contribution is 0.249. The van der Waals surface area contributed by atoms with Crippen molar-refractivity contribution in [1.82, 2.24) is 0 Å². The van der Waals surface area contributed by atoms with E-state index >= 15 is 0 Å². The fourth-order valence-electron chi connectivity index (χ4n) is 1.99. The first-order valence-corrected chi connectivity index (χ1v) is 5.71. The highest BCUT2D eigenvalue weighted by atomic mass is 16.2.